The molecule has 1 N–H and O–H groups in total. The maximum Gasteiger partial charge on any atom is 0.338 e. The monoisotopic (exact) mass is 526 g/mol. The summed E-state index contributed by atoms with van der Waals surface area (Å²) in [6.07, 6.45) is 0.278. The number of carbonyl (C=O) groups is 4. The maximum atomic E-state index is 12.5. The predicted molar refractivity (Wildman–Crippen MR) is 133 cm³/mol. The second kappa shape index (κ2) is 11.7. The lowest BCUT2D eigenvalue weighted by Crippen LogP contribution is -2.37. The minimum Gasteiger partial charge on any atom is -0.478 e. The van der Waals surface area contributed by atoms with E-state index in [0.29, 0.717) is 17.5 Å². The highest BCUT2D eigenvalue weighted by Gasteiger charge is 2.50. The van der Waals surface area contributed by atoms with Crippen LogP contribution in [-0.2, 0) is 28.5 Å². The topological polar surface area (TPSA) is 125 Å². The minimum atomic E-state index is -1.42. The molecule has 0 bridgehead atoms. The van der Waals surface area contributed by atoms with Crippen molar-refractivity contribution in [3.63, 3.8) is 0 Å². The van der Waals surface area contributed by atoms with Crippen LogP contribution in [0.3, 0.4) is 0 Å². The van der Waals surface area contributed by atoms with Gasteiger partial charge in [-0.15, -0.1) is 0 Å². The van der Waals surface area contributed by atoms with Gasteiger partial charge in [-0.1, -0.05) is 48.2 Å². The second-order valence-electron chi connectivity index (χ2n) is 8.59. The molecule has 0 saturated carbocycles. The van der Waals surface area contributed by atoms with Gasteiger partial charge in [-0.3, -0.25) is 4.79 Å². The number of aliphatic carboxylic acids is 1. The molecule has 2 aromatic carbocycles. The van der Waals surface area contributed by atoms with Gasteiger partial charge in [0.1, 0.15) is 25.4 Å². The molecule has 1 spiro atoms. The van der Waals surface area contributed by atoms with Crippen LogP contribution >= 0.6 is 11.8 Å². The molecule has 10 heteroatoms. The van der Waals surface area contributed by atoms with Gasteiger partial charge in [0.15, 0.2) is 10.9 Å². The molecule has 0 unspecified atom stereocenters. The van der Waals surface area contributed by atoms with E-state index in [1.807, 2.05) is 0 Å². The highest BCUT2D eigenvalue weighted by atomic mass is 32.2. The lowest BCUT2D eigenvalue weighted by atomic mass is 9.94. The molecule has 194 valence electrons. The Labute approximate surface area is 217 Å². The highest BCUT2D eigenvalue weighted by molar-refractivity contribution is 8.14. The fourth-order valence-electron chi connectivity index (χ4n) is 4.20. The Hall–Kier alpha value is -3.47. The molecule has 0 aromatic heterocycles. The van der Waals surface area contributed by atoms with Gasteiger partial charge in [-0.25, -0.2) is 14.4 Å². The Bertz CT molecular complexity index is 1120. The number of rotatable bonds is 8. The summed E-state index contributed by atoms with van der Waals surface area (Å²) in [6, 6.07) is 16.9. The van der Waals surface area contributed by atoms with Crippen LogP contribution in [0.2, 0.25) is 0 Å². The number of benzene rings is 2. The first kappa shape index (κ1) is 26.6. The Morgan fingerprint density at radius 1 is 0.892 bits per heavy atom. The van der Waals surface area contributed by atoms with Crippen LogP contribution in [0.25, 0.3) is 0 Å². The van der Waals surface area contributed by atoms with Crippen molar-refractivity contribution in [1.82, 2.24) is 0 Å². The normalized spacial score (nSPS) is 22.2. The first-order chi connectivity index (χ1) is 17.8. The lowest BCUT2D eigenvalue weighted by Gasteiger charge is -2.32. The third-order valence-electron chi connectivity index (χ3n) is 5.93. The molecule has 4 rings (SSSR count). The molecule has 1 aliphatic heterocycles. The molecule has 2 aliphatic rings. The molecule has 1 saturated heterocycles. The first-order valence-corrected chi connectivity index (χ1v) is 12.6. The predicted octanol–water partition coefficient (Wildman–Crippen LogP) is 3.63. The van der Waals surface area contributed by atoms with Crippen LogP contribution in [0.4, 0.5) is 0 Å². The van der Waals surface area contributed by atoms with Gasteiger partial charge in [0, 0.05) is 18.6 Å². The number of hydrogen-bond donors (Lipinski definition) is 1. The van der Waals surface area contributed by atoms with E-state index in [1.54, 1.807) is 60.7 Å². The van der Waals surface area contributed by atoms with Gasteiger partial charge in [-0.2, -0.15) is 0 Å². The Kier molecular flexibility index (Phi) is 8.42. The Balaban J connectivity index is 1.52. The maximum absolute atomic E-state index is 12.5. The quantitative estimate of drug-likeness (QED) is 0.510. The van der Waals surface area contributed by atoms with E-state index < -0.39 is 41.2 Å². The summed E-state index contributed by atoms with van der Waals surface area (Å²) in [4.78, 5) is 48.5. The zero-order valence-electron chi connectivity index (χ0n) is 20.0. The zero-order chi connectivity index (χ0) is 26.4. The fraction of sp³-hybridized carbons (Fsp3) is 0.333. The van der Waals surface area contributed by atoms with Crippen LogP contribution in [0.15, 0.2) is 72.3 Å². The van der Waals surface area contributed by atoms with Crippen molar-refractivity contribution in [2.45, 2.75) is 43.0 Å². The van der Waals surface area contributed by atoms with Crippen molar-refractivity contribution in [2.75, 3.05) is 13.2 Å². The summed E-state index contributed by atoms with van der Waals surface area (Å²) >= 11 is 0.941. The average molecular weight is 527 g/mol. The Morgan fingerprint density at radius 2 is 1.38 bits per heavy atom. The van der Waals surface area contributed by atoms with Crippen molar-refractivity contribution < 1.29 is 43.2 Å². The van der Waals surface area contributed by atoms with Crippen molar-refractivity contribution in [1.29, 1.82) is 0 Å². The van der Waals surface area contributed by atoms with Crippen molar-refractivity contribution in [2.24, 2.45) is 0 Å². The molecule has 1 fully saturated rings. The van der Waals surface area contributed by atoms with E-state index in [-0.39, 0.29) is 30.3 Å². The molecule has 0 radical (unpaired) electrons. The number of hydrogen-bond acceptors (Lipinski definition) is 9. The minimum absolute atomic E-state index is 0.00610. The van der Waals surface area contributed by atoms with Crippen LogP contribution in [0.5, 0.6) is 0 Å². The number of ether oxygens (including phenoxy) is 4. The van der Waals surface area contributed by atoms with Gasteiger partial charge in [0.25, 0.3) is 0 Å². The van der Waals surface area contributed by atoms with E-state index >= 15 is 0 Å². The molecule has 37 heavy (non-hydrogen) atoms. The molecular weight excluding hydrogens is 500 g/mol. The van der Waals surface area contributed by atoms with Gasteiger partial charge in [0.2, 0.25) is 0 Å². The largest absolute Gasteiger partial charge is 0.478 e. The summed E-state index contributed by atoms with van der Waals surface area (Å²) in [7, 11) is 0. The van der Waals surface area contributed by atoms with Gasteiger partial charge >= 0.3 is 17.9 Å². The van der Waals surface area contributed by atoms with Gasteiger partial charge in [0.05, 0.1) is 16.7 Å². The molecule has 9 nitrogen and oxygen atoms in total. The van der Waals surface area contributed by atoms with Gasteiger partial charge in [-0.05, 0) is 36.8 Å². The average Bonchev–Trinajstić information content (AvgIpc) is 3.24. The van der Waals surface area contributed by atoms with E-state index in [2.05, 4.69) is 0 Å². The van der Waals surface area contributed by atoms with Crippen LogP contribution in [-0.4, -0.2) is 64.6 Å². The molecule has 1 aliphatic carbocycles. The van der Waals surface area contributed by atoms with Crippen molar-refractivity contribution in [3.05, 3.63) is 83.4 Å². The van der Waals surface area contributed by atoms with E-state index in [9.17, 15) is 24.3 Å². The van der Waals surface area contributed by atoms with Crippen LogP contribution in [0.1, 0.15) is 40.5 Å². The number of thioether (sulfide) groups is 1. The number of carboxylic acid groups (broad SMARTS) is 1. The summed E-state index contributed by atoms with van der Waals surface area (Å²) in [5.41, 5.74) is 0.712. The first-order valence-electron chi connectivity index (χ1n) is 11.7. The van der Waals surface area contributed by atoms with Crippen molar-refractivity contribution in [3.8, 4) is 0 Å². The van der Waals surface area contributed by atoms with E-state index in [0.717, 1.165) is 11.8 Å². The molecular formula is C27H26O9S. The summed E-state index contributed by atoms with van der Waals surface area (Å²) < 4.78 is 23.2. The fourth-order valence-corrected chi connectivity index (χ4v) is 5.14. The third kappa shape index (κ3) is 6.65. The molecule has 0 amide bonds. The van der Waals surface area contributed by atoms with E-state index in [4.69, 9.17) is 18.9 Å². The second-order valence-corrected chi connectivity index (χ2v) is 9.97. The van der Waals surface area contributed by atoms with Gasteiger partial charge < -0.3 is 24.1 Å². The summed E-state index contributed by atoms with van der Waals surface area (Å²) in [5.74, 6) is -3.73. The number of carbonyl (C=O) groups excluding carboxylic acids is 3. The van der Waals surface area contributed by atoms with Crippen molar-refractivity contribution >= 4 is 34.8 Å². The lowest BCUT2D eigenvalue weighted by molar-refractivity contribution is -0.153. The Morgan fingerprint density at radius 3 is 1.81 bits per heavy atom. The van der Waals surface area contributed by atoms with E-state index in [1.165, 1.54) is 13.0 Å². The SMILES string of the molecule is CC(=O)S[C@@H]1CCC2(C=C1C(=O)O)O[C@@H](COC(=O)c1ccccc1)[C@H](COC(=O)c1ccccc1)O2. The third-order valence-corrected chi connectivity index (χ3v) is 7.03. The molecule has 3 atom stereocenters. The van der Waals surface area contributed by atoms with Crippen LogP contribution in [0, 0.1) is 0 Å². The summed E-state index contributed by atoms with van der Waals surface area (Å²) in [6.45, 7) is 0.973. The number of esters is 2. The van der Waals surface area contributed by atoms with Crippen LogP contribution < -0.4 is 0 Å². The number of carboxylic acids is 1. The smallest absolute Gasteiger partial charge is 0.338 e. The summed E-state index contributed by atoms with van der Waals surface area (Å²) in [5, 5.41) is 9.02. The zero-order valence-corrected chi connectivity index (χ0v) is 20.8. The molecule has 2 aromatic rings. The molecule has 1 heterocycles. The highest BCUT2D eigenvalue weighted by Crippen LogP contribution is 2.42. The standard InChI is InChI=1S/C27H26O9S/c1-17(28)37-23-12-13-27(14-20(23)24(29)30)35-21(15-33-25(31)18-8-4-2-5-9-18)22(36-27)16-34-26(32)19-10-6-3-7-11-19/h2-11,14,21-23H,12-13,15-16H2,1H3,(H,29,30)/t21-,22-,23+/m0/s1.